The van der Waals surface area contributed by atoms with Crippen molar-refractivity contribution >= 4 is 34.1 Å². The van der Waals surface area contributed by atoms with E-state index in [0.717, 1.165) is 52.6 Å². The smallest absolute Gasteiger partial charge is 0.259 e. The molecule has 1 aromatic heterocycles. The fraction of sp³-hybridized carbons (Fsp3) is 0.379. The quantitative estimate of drug-likeness (QED) is 0.353. The monoisotopic (exact) mass is 490 g/mol. The summed E-state index contributed by atoms with van der Waals surface area (Å²) in [7, 11) is 1.65. The van der Waals surface area contributed by atoms with E-state index in [0.29, 0.717) is 18.1 Å². The average Bonchev–Trinajstić information content (AvgIpc) is 3.21. The number of hydrogen-bond donors (Lipinski definition) is 1. The Bertz CT molecular complexity index is 1190. The molecule has 0 bridgehead atoms. The van der Waals surface area contributed by atoms with Gasteiger partial charge in [0.1, 0.15) is 16.5 Å². The lowest BCUT2D eigenvalue weighted by molar-refractivity contribution is 0.102. The van der Waals surface area contributed by atoms with Crippen LogP contribution in [0, 0.1) is 11.3 Å². The highest BCUT2D eigenvalue weighted by Gasteiger charge is 2.33. The largest absolute Gasteiger partial charge is 0.497 e. The van der Waals surface area contributed by atoms with Gasteiger partial charge in [-0.1, -0.05) is 20.8 Å². The molecular formula is C29H34N2O3S. The molecule has 5 nitrogen and oxygen atoms in total. The highest BCUT2D eigenvalue weighted by atomic mass is 32.1. The van der Waals surface area contributed by atoms with Gasteiger partial charge in [0.15, 0.2) is 0 Å². The van der Waals surface area contributed by atoms with Gasteiger partial charge in [-0.3, -0.25) is 4.79 Å². The third-order valence-electron chi connectivity index (χ3n) is 6.57. The first-order chi connectivity index (χ1) is 16.8. The van der Waals surface area contributed by atoms with Crippen LogP contribution in [0.25, 0.3) is 0 Å². The van der Waals surface area contributed by atoms with E-state index in [1.54, 1.807) is 18.4 Å². The summed E-state index contributed by atoms with van der Waals surface area (Å²) in [6.07, 6.45) is 4.80. The summed E-state index contributed by atoms with van der Waals surface area (Å²) >= 11 is 1.65. The van der Waals surface area contributed by atoms with E-state index in [-0.39, 0.29) is 11.3 Å². The number of methoxy groups -OCH3 is 1. The number of anilines is 1. The van der Waals surface area contributed by atoms with Gasteiger partial charge >= 0.3 is 0 Å². The summed E-state index contributed by atoms with van der Waals surface area (Å²) < 4.78 is 10.8. The van der Waals surface area contributed by atoms with Crippen molar-refractivity contribution in [3.8, 4) is 11.5 Å². The molecule has 6 heteroatoms. The summed E-state index contributed by atoms with van der Waals surface area (Å²) in [5.74, 6) is 2.07. The van der Waals surface area contributed by atoms with Crippen LogP contribution >= 0.6 is 11.3 Å². The lowest BCUT2D eigenvalue weighted by Gasteiger charge is -2.33. The number of carbonyl (C=O) groups is 1. The van der Waals surface area contributed by atoms with Crippen LogP contribution in [0.4, 0.5) is 10.7 Å². The van der Waals surface area contributed by atoms with Crippen LogP contribution in [0.15, 0.2) is 53.5 Å². The van der Waals surface area contributed by atoms with Gasteiger partial charge in [0.25, 0.3) is 5.91 Å². The van der Waals surface area contributed by atoms with Gasteiger partial charge in [-0.15, -0.1) is 11.3 Å². The molecule has 0 saturated heterocycles. The zero-order chi connectivity index (χ0) is 25.0. The highest BCUT2D eigenvalue weighted by Crippen LogP contribution is 2.45. The minimum absolute atomic E-state index is 0.109. The highest BCUT2D eigenvalue weighted by molar-refractivity contribution is 7.16. The topological polar surface area (TPSA) is 59.9 Å². The fourth-order valence-electron chi connectivity index (χ4n) is 4.45. The summed E-state index contributed by atoms with van der Waals surface area (Å²) in [4.78, 5) is 19.6. The van der Waals surface area contributed by atoms with Crippen molar-refractivity contribution < 1.29 is 14.3 Å². The van der Waals surface area contributed by atoms with E-state index in [4.69, 9.17) is 14.5 Å². The minimum atomic E-state index is -0.109. The van der Waals surface area contributed by atoms with E-state index >= 15 is 0 Å². The van der Waals surface area contributed by atoms with Gasteiger partial charge < -0.3 is 14.8 Å². The van der Waals surface area contributed by atoms with Crippen molar-refractivity contribution in [2.75, 3.05) is 19.0 Å². The molecule has 0 radical (unpaired) electrons. The Hall–Kier alpha value is -3.12. The number of rotatable bonds is 7. The maximum atomic E-state index is 13.5. The number of hydrogen-bond acceptors (Lipinski definition) is 5. The van der Waals surface area contributed by atoms with E-state index in [1.165, 1.54) is 4.88 Å². The molecule has 0 spiro atoms. The number of benzene rings is 2. The number of carbonyl (C=O) groups excluding carboxylic acids is 1. The van der Waals surface area contributed by atoms with Crippen molar-refractivity contribution in [2.24, 2.45) is 16.3 Å². The van der Waals surface area contributed by atoms with Gasteiger partial charge in [0, 0.05) is 16.8 Å². The molecule has 4 rings (SSSR count). The predicted octanol–water partition coefficient (Wildman–Crippen LogP) is 7.31. The van der Waals surface area contributed by atoms with Crippen molar-refractivity contribution in [3.05, 3.63) is 70.1 Å². The maximum absolute atomic E-state index is 13.5. The second-order valence-corrected chi connectivity index (χ2v) is 11.0. The van der Waals surface area contributed by atoms with Crippen molar-refractivity contribution in [1.29, 1.82) is 0 Å². The molecule has 3 aromatic rings. The zero-order valence-corrected chi connectivity index (χ0v) is 22.0. The maximum Gasteiger partial charge on any atom is 0.259 e. The van der Waals surface area contributed by atoms with Crippen LogP contribution in [-0.2, 0) is 12.8 Å². The Balaban J connectivity index is 1.64. The Kier molecular flexibility index (Phi) is 7.60. The zero-order valence-electron chi connectivity index (χ0n) is 21.2. The Morgan fingerprint density at radius 1 is 1.11 bits per heavy atom. The second kappa shape index (κ2) is 10.6. The normalized spacial score (nSPS) is 15.6. The van der Waals surface area contributed by atoms with Crippen molar-refractivity contribution in [2.45, 2.75) is 47.0 Å². The number of fused-ring (bicyclic) bond motifs is 1. The number of aliphatic imine (C=N–C) groups is 1. The van der Waals surface area contributed by atoms with Crippen LogP contribution in [0.1, 0.15) is 60.5 Å². The van der Waals surface area contributed by atoms with Gasteiger partial charge in [-0.2, -0.15) is 0 Å². The third-order valence-corrected chi connectivity index (χ3v) is 7.73. The fourth-order valence-corrected chi connectivity index (χ4v) is 5.72. The summed E-state index contributed by atoms with van der Waals surface area (Å²) in [6.45, 7) is 9.47. The molecule has 184 valence electrons. The number of nitrogens with zero attached hydrogens (tertiary/aromatic N) is 1. The number of nitrogens with one attached hydrogen (secondary N) is 1. The Morgan fingerprint density at radius 3 is 2.43 bits per heavy atom. The Labute approximate surface area is 212 Å². The first kappa shape index (κ1) is 25.0. The molecule has 1 atom stereocenters. The van der Waals surface area contributed by atoms with Gasteiger partial charge in [-0.05, 0) is 97.2 Å². The Morgan fingerprint density at radius 2 is 1.80 bits per heavy atom. The second-order valence-electron chi connectivity index (χ2n) is 9.93. The number of ether oxygens (including phenoxy) is 2. The van der Waals surface area contributed by atoms with Gasteiger partial charge in [-0.25, -0.2) is 4.99 Å². The lowest BCUT2D eigenvalue weighted by atomic mass is 9.72. The number of thiophene rings is 1. The SMILES string of the molecule is CCOc1ccc(NC(=O)c2c(N=Cc3ccc(OC)cc3)sc3c2CC[C@@H](C(C)(C)C)C3)cc1. The molecule has 0 aliphatic heterocycles. The predicted molar refractivity (Wildman–Crippen MR) is 145 cm³/mol. The molecule has 1 aliphatic rings. The summed E-state index contributed by atoms with van der Waals surface area (Å²) in [6, 6.07) is 15.2. The first-order valence-corrected chi connectivity index (χ1v) is 13.0. The summed E-state index contributed by atoms with van der Waals surface area (Å²) in [5.41, 5.74) is 3.80. The first-order valence-electron chi connectivity index (χ1n) is 12.2. The van der Waals surface area contributed by atoms with Crippen LogP contribution in [0.3, 0.4) is 0 Å². The van der Waals surface area contributed by atoms with E-state index in [1.807, 2.05) is 61.7 Å². The molecule has 35 heavy (non-hydrogen) atoms. The van der Waals surface area contributed by atoms with Crippen LogP contribution in [0.2, 0.25) is 0 Å². The average molecular weight is 491 g/mol. The molecular weight excluding hydrogens is 456 g/mol. The van der Waals surface area contributed by atoms with E-state index < -0.39 is 0 Å². The molecule has 0 unspecified atom stereocenters. The molecule has 2 aromatic carbocycles. The minimum Gasteiger partial charge on any atom is -0.497 e. The molecule has 1 amide bonds. The summed E-state index contributed by atoms with van der Waals surface area (Å²) in [5, 5.41) is 3.85. The van der Waals surface area contributed by atoms with Crippen molar-refractivity contribution in [3.63, 3.8) is 0 Å². The molecule has 0 saturated carbocycles. The standard InChI is InChI=1S/C29H34N2O3S/c1-6-34-23-14-10-21(11-15-23)31-27(32)26-24-16-9-20(29(2,3)4)17-25(24)35-28(26)30-18-19-7-12-22(33-5)13-8-19/h7-8,10-15,18,20H,6,9,16-17H2,1-5H3,(H,31,32)/t20-/m1/s1. The molecule has 1 N–H and O–H groups in total. The molecule has 1 heterocycles. The van der Waals surface area contributed by atoms with Gasteiger partial charge in [0.05, 0.1) is 19.3 Å². The van der Waals surface area contributed by atoms with E-state index in [9.17, 15) is 4.79 Å². The van der Waals surface area contributed by atoms with Crippen LogP contribution < -0.4 is 14.8 Å². The third kappa shape index (κ3) is 5.93. The van der Waals surface area contributed by atoms with E-state index in [2.05, 4.69) is 26.1 Å². The number of amides is 1. The van der Waals surface area contributed by atoms with Crippen molar-refractivity contribution in [1.82, 2.24) is 0 Å². The lowest BCUT2D eigenvalue weighted by Crippen LogP contribution is -2.27. The molecule has 1 aliphatic carbocycles. The van der Waals surface area contributed by atoms with Crippen LogP contribution in [0.5, 0.6) is 11.5 Å². The van der Waals surface area contributed by atoms with Crippen LogP contribution in [-0.4, -0.2) is 25.8 Å². The van der Waals surface area contributed by atoms with Gasteiger partial charge in [0.2, 0.25) is 0 Å². The molecule has 0 fully saturated rings.